The summed E-state index contributed by atoms with van der Waals surface area (Å²) < 4.78 is 40.6. The molecule has 1 aliphatic heterocycles. The number of hydrogen-bond acceptors (Lipinski definition) is 6. The molecule has 1 aliphatic rings. The van der Waals surface area contributed by atoms with E-state index in [4.69, 9.17) is 5.26 Å². The summed E-state index contributed by atoms with van der Waals surface area (Å²) in [6.45, 7) is 1.50. The van der Waals surface area contributed by atoms with Crippen molar-refractivity contribution in [2.45, 2.75) is 10.9 Å². The van der Waals surface area contributed by atoms with Gasteiger partial charge in [0.25, 0.3) is 0 Å². The first kappa shape index (κ1) is 24.0. The fourth-order valence-corrected chi connectivity index (χ4v) is 6.04. The number of thiophene rings is 1. The Labute approximate surface area is 202 Å². The Kier molecular flexibility index (Phi) is 7.38. The Morgan fingerprint density at radius 1 is 1.06 bits per heavy atom. The second kappa shape index (κ2) is 10.4. The molecule has 34 heavy (non-hydrogen) atoms. The highest BCUT2D eigenvalue weighted by atomic mass is 32.2. The molecule has 1 N–H and O–H groups in total. The number of halogens is 1. The lowest BCUT2D eigenvalue weighted by Gasteiger charge is -2.33. The van der Waals surface area contributed by atoms with Gasteiger partial charge in [0.2, 0.25) is 15.9 Å². The van der Waals surface area contributed by atoms with Gasteiger partial charge in [0, 0.05) is 31.1 Å². The standard InChI is InChI=1S/C24H23FN4O3S2/c25-20-7-5-19(6-8-20)24(22-2-1-15-33-22)27-23(30)17-28-11-13-29(14-12-28)34(31,32)21-9-3-18(16-26)4-10-21/h1-10,15,24H,11-14,17H2,(H,27,30)/t24-/m0/s1. The van der Waals surface area contributed by atoms with E-state index in [1.165, 1.54) is 52.0 Å². The van der Waals surface area contributed by atoms with Crippen LogP contribution >= 0.6 is 11.3 Å². The first-order valence-electron chi connectivity index (χ1n) is 10.7. The number of nitrogens with one attached hydrogen (secondary N) is 1. The van der Waals surface area contributed by atoms with Gasteiger partial charge in [-0.1, -0.05) is 18.2 Å². The smallest absolute Gasteiger partial charge is 0.243 e. The zero-order valence-corrected chi connectivity index (χ0v) is 19.9. The molecular formula is C24H23FN4O3S2. The Morgan fingerprint density at radius 3 is 2.32 bits per heavy atom. The van der Waals surface area contributed by atoms with Gasteiger partial charge >= 0.3 is 0 Å². The van der Waals surface area contributed by atoms with Gasteiger partial charge < -0.3 is 5.32 Å². The molecule has 10 heteroatoms. The predicted molar refractivity (Wildman–Crippen MR) is 127 cm³/mol. The molecular weight excluding hydrogens is 475 g/mol. The van der Waals surface area contributed by atoms with E-state index in [0.29, 0.717) is 18.7 Å². The van der Waals surface area contributed by atoms with Crippen LogP contribution < -0.4 is 5.32 Å². The number of nitriles is 1. The van der Waals surface area contributed by atoms with E-state index in [1.54, 1.807) is 12.1 Å². The normalized spacial score (nSPS) is 16.0. The number of hydrogen-bond donors (Lipinski definition) is 1. The van der Waals surface area contributed by atoms with E-state index in [2.05, 4.69) is 5.32 Å². The van der Waals surface area contributed by atoms with E-state index in [-0.39, 0.29) is 42.3 Å². The van der Waals surface area contributed by atoms with Crippen LogP contribution in [0.2, 0.25) is 0 Å². The second-order valence-electron chi connectivity index (χ2n) is 7.88. The highest BCUT2D eigenvalue weighted by Crippen LogP contribution is 2.26. The van der Waals surface area contributed by atoms with Crippen LogP contribution in [-0.2, 0) is 14.8 Å². The van der Waals surface area contributed by atoms with E-state index >= 15 is 0 Å². The largest absolute Gasteiger partial charge is 0.343 e. The molecule has 0 bridgehead atoms. The Bertz CT molecular complexity index is 1260. The number of rotatable bonds is 7. The van der Waals surface area contributed by atoms with Crippen molar-refractivity contribution in [3.05, 3.63) is 87.9 Å². The summed E-state index contributed by atoms with van der Waals surface area (Å²) in [6.07, 6.45) is 0. The molecule has 1 fully saturated rings. The molecule has 3 aromatic rings. The molecule has 0 saturated carbocycles. The molecule has 4 rings (SSSR count). The molecule has 1 amide bonds. The van der Waals surface area contributed by atoms with Crippen LogP contribution in [0.5, 0.6) is 0 Å². The SMILES string of the molecule is N#Cc1ccc(S(=O)(=O)N2CCN(CC(=O)N[C@@H](c3ccc(F)cc3)c3cccs3)CC2)cc1. The molecule has 7 nitrogen and oxygen atoms in total. The minimum absolute atomic E-state index is 0.133. The lowest BCUT2D eigenvalue weighted by Crippen LogP contribution is -2.51. The van der Waals surface area contributed by atoms with Crippen molar-refractivity contribution in [1.82, 2.24) is 14.5 Å². The van der Waals surface area contributed by atoms with Crippen LogP contribution in [0.15, 0.2) is 70.9 Å². The molecule has 176 valence electrons. The topological polar surface area (TPSA) is 93.5 Å². The highest BCUT2D eigenvalue weighted by molar-refractivity contribution is 7.89. The summed E-state index contributed by atoms with van der Waals surface area (Å²) in [4.78, 5) is 15.8. The molecule has 0 radical (unpaired) electrons. The van der Waals surface area contributed by atoms with Crippen molar-refractivity contribution in [2.75, 3.05) is 32.7 Å². The minimum atomic E-state index is -3.66. The van der Waals surface area contributed by atoms with Crippen molar-refractivity contribution >= 4 is 27.3 Å². The van der Waals surface area contributed by atoms with Crippen molar-refractivity contribution in [1.29, 1.82) is 5.26 Å². The summed E-state index contributed by atoms with van der Waals surface area (Å²) >= 11 is 1.51. The maximum absolute atomic E-state index is 13.4. The maximum atomic E-state index is 13.4. The van der Waals surface area contributed by atoms with E-state index in [1.807, 2.05) is 28.5 Å². The molecule has 0 aliphatic carbocycles. The maximum Gasteiger partial charge on any atom is 0.243 e. The van der Waals surface area contributed by atoms with Gasteiger partial charge in [-0.2, -0.15) is 9.57 Å². The fraction of sp³-hybridized carbons (Fsp3) is 0.250. The molecule has 2 aromatic carbocycles. The predicted octanol–water partition coefficient (Wildman–Crippen LogP) is 2.97. The van der Waals surface area contributed by atoms with Gasteiger partial charge in [-0.05, 0) is 53.4 Å². The zero-order valence-electron chi connectivity index (χ0n) is 18.2. The Balaban J connectivity index is 1.36. The van der Waals surface area contributed by atoms with Crippen LogP contribution in [0.3, 0.4) is 0 Å². The third-order valence-electron chi connectivity index (χ3n) is 5.66. The van der Waals surface area contributed by atoms with Crippen molar-refractivity contribution in [3.63, 3.8) is 0 Å². The monoisotopic (exact) mass is 498 g/mol. The number of nitrogens with zero attached hydrogens (tertiary/aromatic N) is 3. The minimum Gasteiger partial charge on any atom is -0.343 e. The van der Waals surface area contributed by atoms with Crippen LogP contribution in [-0.4, -0.2) is 56.3 Å². The van der Waals surface area contributed by atoms with Gasteiger partial charge in [-0.3, -0.25) is 9.69 Å². The number of amides is 1. The quantitative estimate of drug-likeness (QED) is 0.541. The van der Waals surface area contributed by atoms with Crippen molar-refractivity contribution in [2.24, 2.45) is 0 Å². The summed E-state index contributed by atoms with van der Waals surface area (Å²) in [7, 11) is -3.66. The zero-order chi connectivity index (χ0) is 24.1. The second-order valence-corrected chi connectivity index (χ2v) is 10.8. The van der Waals surface area contributed by atoms with Gasteiger partial charge in [-0.15, -0.1) is 11.3 Å². The van der Waals surface area contributed by atoms with Crippen LogP contribution in [0.4, 0.5) is 4.39 Å². The third-order valence-corrected chi connectivity index (χ3v) is 8.51. The van der Waals surface area contributed by atoms with Crippen LogP contribution in [0.25, 0.3) is 0 Å². The number of carbonyl (C=O) groups excluding carboxylic acids is 1. The molecule has 1 saturated heterocycles. The summed E-state index contributed by atoms with van der Waals surface area (Å²) in [5, 5.41) is 13.9. The average molecular weight is 499 g/mol. The van der Waals surface area contributed by atoms with E-state index in [0.717, 1.165) is 10.4 Å². The Morgan fingerprint density at radius 2 is 1.74 bits per heavy atom. The van der Waals surface area contributed by atoms with E-state index in [9.17, 15) is 17.6 Å². The molecule has 1 aromatic heterocycles. The molecule has 2 heterocycles. The molecule has 1 atom stereocenters. The Hall–Kier alpha value is -3.10. The summed E-state index contributed by atoms with van der Waals surface area (Å²) in [6, 6.07) is 17.3. The van der Waals surface area contributed by atoms with Gasteiger partial charge in [0.15, 0.2) is 0 Å². The number of carbonyl (C=O) groups is 1. The first-order chi connectivity index (χ1) is 16.4. The van der Waals surface area contributed by atoms with Crippen molar-refractivity contribution < 1.29 is 17.6 Å². The number of benzene rings is 2. The van der Waals surface area contributed by atoms with Crippen molar-refractivity contribution in [3.8, 4) is 6.07 Å². The lowest BCUT2D eigenvalue weighted by atomic mass is 10.1. The average Bonchev–Trinajstić information content (AvgIpc) is 3.38. The van der Waals surface area contributed by atoms with Gasteiger partial charge in [0.05, 0.1) is 29.1 Å². The first-order valence-corrected chi connectivity index (χ1v) is 13.0. The van der Waals surface area contributed by atoms with Crippen LogP contribution in [0, 0.1) is 17.1 Å². The lowest BCUT2D eigenvalue weighted by molar-refractivity contribution is -0.123. The van der Waals surface area contributed by atoms with Gasteiger partial charge in [0.1, 0.15) is 5.82 Å². The highest BCUT2D eigenvalue weighted by Gasteiger charge is 2.29. The number of sulfonamides is 1. The third kappa shape index (κ3) is 5.51. The molecule has 0 unspecified atom stereocenters. The fourth-order valence-electron chi connectivity index (χ4n) is 3.82. The van der Waals surface area contributed by atoms with Crippen LogP contribution in [0.1, 0.15) is 22.0 Å². The molecule has 0 spiro atoms. The summed E-state index contributed by atoms with van der Waals surface area (Å²) in [5.41, 5.74) is 1.19. The number of piperazine rings is 1. The van der Waals surface area contributed by atoms with Gasteiger partial charge in [-0.25, -0.2) is 12.8 Å². The summed E-state index contributed by atoms with van der Waals surface area (Å²) in [5.74, 6) is -0.528. The van der Waals surface area contributed by atoms with E-state index < -0.39 is 10.0 Å².